The first-order chi connectivity index (χ1) is 9.65. The quantitative estimate of drug-likeness (QED) is 0.918. The average Bonchev–Trinajstić information content (AvgIpc) is 2.74. The molecule has 1 atom stereocenters. The number of benzene rings is 1. The number of fused-ring (bicyclic) bond motifs is 1. The molecule has 108 valence electrons. The average molecular weight is 272 g/mol. The fraction of sp³-hybridized carbons (Fsp3) is 0.588. The van der Waals surface area contributed by atoms with E-state index in [9.17, 15) is 4.79 Å². The molecule has 1 unspecified atom stereocenters. The van der Waals surface area contributed by atoms with Gasteiger partial charge in [0.25, 0.3) is 0 Å². The van der Waals surface area contributed by atoms with Crippen molar-refractivity contribution in [2.45, 2.75) is 51.0 Å². The first-order valence-corrected chi connectivity index (χ1v) is 7.80. The second kappa shape index (κ2) is 5.57. The maximum absolute atomic E-state index is 11.7. The molecule has 0 spiro atoms. The Hall–Kier alpha value is -1.35. The molecule has 1 aliphatic carbocycles. The molecule has 1 amide bonds. The fourth-order valence-corrected chi connectivity index (χ4v) is 3.64. The van der Waals surface area contributed by atoms with E-state index in [1.165, 1.54) is 37.7 Å². The monoisotopic (exact) mass is 272 g/mol. The Morgan fingerprint density at radius 1 is 1.30 bits per heavy atom. The maximum Gasteiger partial charge on any atom is 0.231 e. The van der Waals surface area contributed by atoms with Crippen LogP contribution >= 0.6 is 0 Å². The molecule has 2 aliphatic rings. The molecule has 20 heavy (non-hydrogen) atoms. The van der Waals surface area contributed by atoms with Crippen molar-refractivity contribution in [1.29, 1.82) is 0 Å². The number of nitrogens with two attached hydrogens (primary N) is 1. The zero-order valence-corrected chi connectivity index (χ0v) is 12.3. The van der Waals surface area contributed by atoms with Crippen LogP contribution in [0.4, 0.5) is 5.69 Å². The van der Waals surface area contributed by atoms with Gasteiger partial charge in [-0.2, -0.15) is 0 Å². The molecular weight excluding hydrogens is 248 g/mol. The van der Waals surface area contributed by atoms with Gasteiger partial charge in [0.1, 0.15) is 0 Å². The highest BCUT2D eigenvalue weighted by atomic mass is 16.2. The molecule has 1 aromatic rings. The van der Waals surface area contributed by atoms with Crippen molar-refractivity contribution in [1.82, 2.24) is 0 Å². The van der Waals surface area contributed by atoms with Gasteiger partial charge in [-0.3, -0.25) is 4.79 Å². The third-order valence-corrected chi connectivity index (χ3v) is 4.92. The Kier molecular flexibility index (Phi) is 3.79. The molecule has 2 N–H and O–H groups in total. The molecule has 0 bridgehead atoms. The van der Waals surface area contributed by atoms with Crippen LogP contribution in [0.1, 0.15) is 55.7 Å². The number of nitrogens with zero attached hydrogens (tertiary/aromatic N) is 1. The smallest absolute Gasteiger partial charge is 0.231 e. The van der Waals surface area contributed by atoms with E-state index in [-0.39, 0.29) is 11.9 Å². The molecule has 1 aromatic carbocycles. The minimum Gasteiger partial charge on any atom is -0.324 e. The number of hydrogen-bond donors (Lipinski definition) is 1. The number of hydrogen-bond acceptors (Lipinski definition) is 2. The SMILES string of the molecule is CN1C(=O)Cc2cc(C(N)CC3CCCCC3)ccc21. The van der Waals surface area contributed by atoms with Gasteiger partial charge in [-0.25, -0.2) is 0 Å². The summed E-state index contributed by atoms with van der Waals surface area (Å²) in [7, 11) is 1.84. The van der Waals surface area contributed by atoms with Crippen LogP contribution in [-0.2, 0) is 11.2 Å². The lowest BCUT2D eigenvalue weighted by molar-refractivity contribution is -0.117. The van der Waals surface area contributed by atoms with Gasteiger partial charge in [0.15, 0.2) is 0 Å². The van der Waals surface area contributed by atoms with Gasteiger partial charge in [0.2, 0.25) is 5.91 Å². The van der Waals surface area contributed by atoms with Crippen LogP contribution in [0.2, 0.25) is 0 Å². The van der Waals surface area contributed by atoms with E-state index in [2.05, 4.69) is 18.2 Å². The van der Waals surface area contributed by atoms with Crippen molar-refractivity contribution in [3.05, 3.63) is 29.3 Å². The van der Waals surface area contributed by atoms with E-state index >= 15 is 0 Å². The van der Waals surface area contributed by atoms with Crippen LogP contribution in [0, 0.1) is 5.92 Å². The van der Waals surface area contributed by atoms with Gasteiger partial charge >= 0.3 is 0 Å². The van der Waals surface area contributed by atoms with E-state index in [0.29, 0.717) is 6.42 Å². The molecule has 1 fully saturated rings. The Morgan fingerprint density at radius 2 is 2.05 bits per heavy atom. The fourth-order valence-electron chi connectivity index (χ4n) is 3.64. The van der Waals surface area contributed by atoms with E-state index < -0.39 is 0 Å². The predicted octanol–water partition coefficient (Wildman–Crippen LogP) is 3.18. The Labute approximate surface area is 121 Å². The summed E-state index contributed by atoms with van der Waals surface area (Å²) in [6.45, 7) is 0. The number of carbonyl (C=O) groups excluding carboxylic acids is 1. The van der Waals surface area contributed by atoms with E-state index in [1.54, 1.807) is 4.90 Å². The number of likely N-dealkylation sites (N-methyl/N-ethyl adjacent to an activating group) is 1. The van der Waals surface area contributed by atoms with Crippen LogP contribution in [0.3, 0.4) is 0 Å². The maximum atomic E-state index is 11.7. The molecule has 3 rings (SSSR count). The van der Waals surface area contributed by atoms with Crippen LogP contribution in [0.25, 0.3) is 0 Å². The van der Waals surface area contributed by atoms with Gasteiger partial charge < -0.3 is 10.6 Å². The number of amides is 1. The zero-order chi connectivity index (χ0) is 14.1. The van der Waals surface area contributed by atoms with Gasteiger partial charge in [0, 0.05) is 18.8 Å². The highest BCUT2D eigenvalue weighted by Crippen LogP contribution is 2.34. The molecule has 3 heteroatoms. The second-order valence-corrected chi connectivity index (χ2v) is 6.36. The number of carbonyl (C=O) groups is 1. The lowest BCUT2D eigenvalue weighted by Gasteiger charge is -2.25. The summed E-state index contributed by atoms with van der Waals surface area (Å²) in [5, 5.41) is 0. The summed E-state index contributed by atoms with van der Waals surface area (Å²) in [4.78, 5) is 13.5. The number of rotatable bonds is 3. The molecular formula is C17H24N2O. The summed E-state index contributed by atoms with van der Waals surface area (Å²) in [6.07, 6.45) is 8.39. The third-order valence-electron chi connectivity index (χ3n) is 4.92. The molecule has 1 heterocycles. The Morgan fingerprint density at radius 3 is 2.80 bits per heavy atom. The van der Waals surface area contributed by atoms with Crippen molar-refractivity contribution in [2.75, 3.05) is 11.9 Å². The van der Waals surface area contributed by atoms with E-state index in [0.717, 1.165) is 23.6 Å². The van der Waals surface area contributed by atoms with Gasteiger partial charge in [0.05, 0.1) is 6.42 Å². The summed E-state index contributed by atoms with van der Waals surface area (Å²) in [6, 6.07) is 6.41. The lowest BCUT2D eigenvalue weighted by Crippen LogP contribution is -2.20. The second-order valence-electron chi connectivity index (χ2n) is 6.36. The van der Waals surface area contributed by atoms with Crippen molar-refractivity contribution >= 4 is 11.6 Å². The van der Waals surface area contributed by atoms with E-state index in [4.69, 9.17) is 5.73 Å². The molecule has 0 saturated heterocycles. The molecule has 0 radical (unpaired) electrons. The highest BCUT2D eigenvalue weighted by molar-refractivity contribution is 6.00. The number of anilines is 1. The molecule has 1 saturated carbocycles. The van der Waals surface area contributed by atoms with Gasteiger partial charge in [-0.15, -0.1) is 0 Å². The summed E-state index contributed by atoms with van der Waals surface area (Å²) in [5.41, 5.74) is 9.76. The summed E-state index contributed by atoms with van der Waals surface area (Å²) in [5.74, 6) is 0.967. The standard InChI is InChI=1S/C17H24N2O/c1-19-16-8-7-13(10-14(16)11-17(19)20)15(18)9-12-5-3-2-4-6-12/h7-8,10,12,15H,2-6,9,11,18H2,1H3. The Balaban J connectivity index is 1.71. The van der Waals surface area contributed by atoms with Crippen LogP contribution in [0.5, 0.6) is 0 Å². The van der Waals surface area contributed by atoms with E-state index in [1.807, 2.05) is 7.05 Å². The van der Waals surface area contributed by atoms with Crippen molar-refractivity contribution in [2.24, 2.45) is 11.7 Å². The topological polar surface area (TPSA) is 46.3 Å². The minimum atomic E-state index is 0.115. The molecule has 3 nitrogen and oxygen atoms in total. The first-order valence-electron chi connectivity index (χ1n) is 7.80. The largest absolute Gasteiger partial charge is 0.324 e. The van der Waals surface area contributed by atoms with Crippen molar-refractivity contribution in [3.8, 4) is 0 Å². The molecule has 1 aliphatic heterocycles. The summed E-state index contributed by atoms with van der Waals surface area (Å²) >= 11 is 0. The highest BCUT2D eigenvalue weighted by Gasteiger charge is 2.25. The Bertz CT molecular complexity index is 506. The van der Waals surface area contributed by atoms with Crippen LogP contribution in [-0.4, -0.2) is 13.0 Å². The van der Waals surface area contributed by atoms with Crippen LogP contribution < -0.4 is 10.6 Å². The third kappa shape index (κ3) is 2.59. The van der Waals surface area contributed by atoms with Crippen molar-refractivity contribution < 1.29 is 4.79 Å². The normalized spacial score (nSPS) is 21.1. The zero-order valence-electron chi connectivity index (χ0n) is 12.3. The van der Waals surface area contributed by atoms with Gasteiger partial charge in [-0.05, 0) is 29.5 Å². The summed E-state index contributed by atoms with van der Waals surface area (Å²) < 4.78 is 0. The van der Waals surface area contributed by atoms with Gasteiger partial charge in [-0.1, -0.05) is 44.2 Å². The van der Waals surface area contributed by atoms with Crippen molar-refractivity contribution in [3.63, 3.8) is 0 Å². The predicted molar refractivity (Wildman–Crippen MR) is 81.7 cm³/mol. The lowest BCUT2D eigenvalue weighted by atomic mass is 9.83. The minimum absolute atomic E-state index is 0.115. The molecule has 0 aromatic heterocycles. The first kappa shape index (κ1) is 13.6. The van der Waals surface area contributed by atoms with Crippen LogP contribution in [0.15, 0.2) is 18.2 Å².